The van der Waals surface area contributed by atoms with Crippen LogP contribution in [0.25, 0.3) is 0 Å². The number of hydrogen-bond donors (Lipinski definition) is 1. The molecule has 1 aliphatic heterocycles. The van der Waals surface area contributed by atoms with Crippen molar-refractivity contribution in [3.05, 3.63) is 35.4 Å². The van der Waals surface area contributed by atoms with Crippen molar-refractivity contribution < 1.29 is 0 Å². The van der Waals surface area contributed by atoms with Crippen molar-refractivity contribution in [2.75, 3.05) is 20.1 Å². The van der Waals surface area contributed by atoms with Crippen LogP contribution in [-0.2, 0) is 0 Å². The highest BCUT2D eigenvalue weighted by molar-refractivity contribution is 5.24. The van der Waals surface area contributed by atoms with E-state index in [0.29, 0.717) is 12.1 Å². The molecule has 1 aromatic carbocycles. The molecular formula is C17H28N2. The average Bonchev–Trinajstić information content (AvgIpc) is 2.39. The lowest BCUT2D eigenvalue weighted by Gasteiger charge is -2.34. The highest BCUT2D eigenvalue weighted by Gasteiger charge is 2.23. The molecule has 0 spiro atoms. The van der Waals surface area contributed by atoms with E-state index in [2.05, 4.69) is 62.3 Å². The Balaban J connectivity index is 1.89. The van der Waals surface area contributed by atoms with Gasteiger partial charge in [0.15, 0.2) is 0 Å². The minimum absolute atomic E-state index is 0.439. The lowest BCUT2D eigenvalue weighted by molar-refractivity contribution is 0.185. The van der Waals surface area contributed by atoms with Gasteiger partial charge in [-0.15, -0.1) is 0 Å². The minimum Gasteiger partial charge on any atom is -0.307 e. The van der Waals surface area contributed by atoms with Crippen LogP contribution in [-0.4, -0.2) is 31.1 Å². The van der Waals surface area contributed by atoms with Gasteiger partial charge < -0.3 is 10.2 Å². The van der Waals surface area contributed by atoms with Gasteiger partial charge >= 0.3 is 0 Å². The van der Waals surface area contributed by atoms with E-state index in [9.17, 15) is 0 Å². The Morgan fingerprint density at radius 3 is 2.53 bits per heavy atom. The van der Waals surface area contributed by atoms with Gasteiger partial charge in [0.2, 0.25) is 0 Å². The van der Waals surface area contributed by atoms with Crippen LogP contribution >= 0.6 is 0 Å². The molecule has 0 saturated carbocycles. The summed E-state index contributed by atoms with van der Waals surface area (Å²) in [5.74, 6) is 0.823. The highest BCUT2D eigenvalue weighted by atomic mass is 15.1. The molecule has 1 heterocycles. The average molecular weight is 260 g/mol. The maximum absolute atomic E-state index is 3.79. The quantitative estimate of drug-likeness (QED) is 0.893. The molecule has 0 amide bonds. The number of rotatable bonds is 4. The Bertz CT molecular complexity index is 394. The van der Waals surface area contributed by atoms with Crippen molar-refractivity contribution in [1.82, 2.24) is 10.2 Å². The highest BCUT2D eigenvalue weighted by Crippen LogP contribution is 2.22. The third-order valence-electron chi connectivity index (χ3n) is 4.53. The molecule has 0 radical (unpaired) electrons. The number of hydrogen-bond acceptors (Lipinski definition) is 2. The molecule has 1 unspecified atom stereocenters. The van der Waals surface area contributed by atoms with Gasteiger partial charge in [0.1, 0.15) is 0 Å². The summed E-state index contributed by atoms with van der Waals surface area (Å²) < 4.78 is 0. The van der Waals surface area contributed by atoms with Gasteiger partial charge in [0, 0.05) is 12.1 Å². The van der Waals surface area contributed by atoms with Gasteiger partial charge in [0.25, 0.3) is 0 Å². The molecule has 19 heavy (non-hydrogen) atoms. The normalized spacial score (nSPS) is 21.3. The Labute approximate surface area is 118 Å². The summed E-state index contributed by atoms with van der Waals surface area (Å²) in [5, 5.41) is 3.79. The SMILES string of the molecule is Cc1cccc([C@@H](C)NC(C)C2CCN(C)CC2)c1. The summed E-state index contributed by atoms with van der Waals surface area (Å²) in [6, 6.07) is 9.88. The number of aryl methyl sites for hydroxylation is 1. The maximum atomic E-state index is 3.79. The smallest absolute Gasteiger partial charge is 0.0294 e. The standard InChI is InChI=1S/C17H28N2/c1-13-6-5-7-17(12-13)15(3)18-14(2)16-8-10-19(4)11-9-16/h5-7,12,14-16,18H,8-11H2,1-4H3/t14?,15-/m1/s1. The van der Waals surface area contributed by atoms with Crippen LogP contribution < -0.4 is 5.32 Å². The van der Waals surface area contributed by atoms with Crippen molar-refractivity contribution in [3.63, 3.8) is 0 Å². The van der Waals surface area contributed by atoms with Gasteiger partial charge in [-0.25, -0.2) is 0 Å². The van der Waals surface area contributed by atoms with E-state index in [1.54, 1.807) is 0 Å². The van der Waals surface area contributed by atoms with Gasteiger partial charge in [-0.3, -0.25) is 0 Å². The lowest BCUT2D eigenvalue weighted by Crippen LogP contribution is -2.41. The summed E-state index contributed by atoms with van der Waals surface area (Å²) in [6.45, 7) is 9.28. The third kappa shape index (κ3) is 4.05. The van der Waals surface area contributed by atoms with Crippen LogP contribution in [0, 0.1) is 12.8 Å². The first-order valence-corrected chi connectivity index (χ1v) is 7.57. The van der Waals surface area contributed by atoms with Crippen molar-refractivity contribution >= 4 is 0 Å². The fourth-order valence-corrected chi connectivity index (χ4v) is 3.09. The largest absolute Gasteiger partial charge is 0.307 e. The Morgan fingerprint density at radius 1 is 1.21 bits per heavy atom. The summed E-state index contributed by atoms with van der Waals surface area (Å²) in [6.07, 6.45) is 2.65. The minimum atomic E-state index is 0.439. The number of nitrogens with zero attached hydrogens (tertiary/aromatic N) is 1. The van der Waals surface area contributed by atoms with Gasteiger partial charge in [-0.2, -0.15) is 0 Å². The molecule has 1 saturated heterocycles. The second-order valence-electron chi connectivity index (χ2n) is 6.23. The first-order chi connectivity index (χ1) is 9.06. The Hall–Kier alpha value is -0.860. The molecule has 1 aliphatic rings. The molecule has 1 aromatic rings. The van der Waals surface area contributed by atoms with Crippen molar-refractivity contribution in [3.8, 4) is 0 Å². The fraction of sp³-hybridized carbons (Fsp3) is 0.647. The van der Waals surface area contributed by atoms with Crippen LogP contribution in [0.15, 0.2) is 24.3 Å². The maximum Gasteiger partial charge on any atom is 0.0294 e. The zero-order chi connectivity index (χ0) is 13.8. The molecule has 106 valence electrons. The third-order valence-corrected chi connectivity index (χ3v) is 4.53. The van der Waals surface area contributed by atoms with Gasteiger partial charge in [-0.1, -0.05) is 29.8 Å². The van der Waals surface area contributed by atoms with E-state index in [-0.39, 0.29) is 0 Å². The van der Waals surface area contributed by atoms with Crippen LogP contribution in [0.3, 0.4) is 0 Å². The fourth-order valence-electron chi connectivity index (χ4n) is 3.09. The summed E-state index contributed by atoms with van der Waals surface area (Å²) in [5.41, 5.74) is 2.75. The van der Waals surface area contributed by atoms with Gasteiger partial charge in [-0.05, 0) is 65.2 Å². The second-order valence-corrected chi connectivity index (χ2v) is 6.23. The number of benzene rings is 1. The number of nitrogens with one attached hydrogen (secondary N) is 1. The first-order valence-electron chi connectivity index (χ1n) is 7.57. The molecule has 0 aromatic heterocycles. The molecule has 2 nitrogen and oxygen atoms in total. The van der Waals surface area contributed by atoms with Crippen LogP contribution in [0.4, 0.5) is 0 Å². The Morgan fingerprint density at radius 2 is 1.89 bits per heavy atom. The molecule has 0 bridgehead atoms. The molecule has 2 rings (SSSR count). The van der Waals surface area contributed by atoms with Crippen LogP contribution in [0.5, 0.6) is 0 Å². The van der Waals surface area contributed by atoms with E-state index < -0.39 is 0 Å². The number of piperidine rings is 1. The first kappa shape index (κ1) is 14.5. The molecule has 0 aliphatic carbocycles. The van der Waals surface area contributed by atoms with E-state index in [1.165, 1.54) is 37.1 Å². The van der Waals surface area contributed by atoms with Crippen LogP contribution in [0.1, 0.15) is 43.9 Å². The van der Waals surface area contributed by atoms with Crippen molar-refractivity contribution in [1.29, 1.82) is 0 Å². The van der Waals surface area contributed by atoms with E-state index >= 15 is 0 Å². The molecule has 1 fully saturated rings. The van der Waals surface area contributed by atoms with Crippen LogP contribution in [0.2, 0.25) is 0 Å². The molecule has 2 atom stereocenters. The van der Waals surface area contributed by atoms with Gasteiger partial charge in [0.05, 0.1) is 0 Å². The monoisotopic (exact) mass is 260 g/mol. The molecular weight excluding hydrogens is 232 g/mol. The zero-order valence-electron chi connectivity index (χ0n) is 12.8. The predicted molar refractivity (Wildman–Crippen MR) is 82.4 cm³/mol. The molecule has 1 N–H and O–H groups in total. The number of likely N-dealkylation sites (tertiary alicyclic amines) is 1. The van der Waals surface area contributed by atoms with E-state index in [1.807, 2.05) is 0 Å². The second kappa shape index (κ2) is 6.53. The summed E-state index contributed by atoms with van der Waals surface area (Å²) >= 11 is 0. The van der Waals surface area contributed by atoms with E-state index in [4.69, 9.17) is 0 Å². The lowest BCUT2D eigenvalue weighted by atomic mass is 9.89. The van der Waals surface area contributed by atoms with Crippen molar-refractivity contribution in [2.45, 2.75) is 45.7 Å². The van der Waals surface area contributed by atoms with E-state index in [0.717, 1.165) is 5.92 Å². The zero-order valence-corrected chi connectivity index (χ0v) is 12.8. The molecule has 2 heteroatoms. The van der Waals surface area contributed by atoms with Crippen molar-refractivity contribution in [2.24, 2.45) is 5.92 Å². The predicted octanol–water partition coefficient (Wildman–Crippen LogP) is 3.38. The Kier molecular flexibility index (Phi) is 5.00. The summed E-state index contributed by atoms with van der Waals surface area (Å²) in [4.78, 5) is 2.44. The topological polar surface area (TPSA) is 15.3 Å². The summed E-state index contributed by atoms with van der Waals surface area (Å²) in [7, 11) is 2.23.